The summed E-state index contributed by atoms with van der Waals surface area (Å²) in [5.74, 6) is 0. The number of rotatable bonds is 2. The van der Waals surface area contributed by atoms with Crippen molar-refractivity contribution in [1.82, 2.24) is 4.81 Å². The maximum Gasteiger partial charge on any atom is 0.487 e. The average Bonchev–Trinajstić information content (AvgIpc) is 2.47. The zero-order valence-corrected chi connectivity index (χ0v) is 13.7. The summed E-state index contributed by atoms with van der Waals surface area (Å²) < 4.78 is 0.562. The number of halogens is 2. The van der Waals surface area contributed by atoms with E-state index in [4.69, 9.17) is 22.9 Å². The molecule has 0 saturated carbocycles. The molecule has 6 heteroatoms. The van der Waals surface area contributed by atoms with E-state index in [1.807, 2.05) is 6.07 Å². The molecule has 0 spiro atoms. The third kappa shape index (κ3) is 2.15. The van der Waals surface area contributed by atoms with Crippen LogP contribution < -0.4 is 0 Å². The Hall–Kier alpha value is -0.410. The van der Waals surface area contributed by atoms with Crippen molar-refractivity contribution >= 4 is 40.5 Å². The van der Waals surface area contributed by atoms with Gasteiger partial charge in [0.1, 0.15) is 0 Å². The summed E-state index contributed by atoms with van der Waals surface area (Å²) in [6.07, 6.45) is 0. The molecule has 1 aliphatic rings. The van der Waals surface area contributed by atoms with Gasteiger partial charge < -0.3 is 4.31 Å². The molecular weight excluding hydrogens is 277 g/mol. The van der Waals surface area contributed by atoms with E-state index in [-0.39, 0.29) is 6.98 Å². The van der Waals surface area contributed by atoms with Crippen LogP contribution in [0, 0.1) is 0 Å². The smallest absolute Gasteiger partial charge is 0.487 e. The zero-order chi connectivity index (χ0) is 14.4. The van der Waals surface area contributed by atoms with Crippen molar-refractivity contribution in [3.8, 4) is 0 Å². The molecule has 1 aliphatic heterocycles. The Balaban J connectivity index is 2.65. The van der Waals surface area contributed by atoms with Gasteiger partial charge in [0.15, 0.2) is 0 Å². The van der Waals surface area contributed by atoms with Crippen molar-refractivity contribution in [3.63, 3.8) is 0 Å². The molecule has 0 aromatic heterocycles. The maximum absolute atomic E-state index is 6.71. The van der Waals surface area contributed by atoms with Crippen molar-refractivity contribution in [1.29, 1.82) is 0 Å². The molecule has 1 heterocycles. The SMILES string of the molecule is CC1=C(c2ccccc2)B(N(C)C)[N+](C)(C)[B-]1(Cl)Cl. The highest BCUT2D eigenvalue weighted by atomic mass is 35.5. The summed E-state index contributed by atoms with van der Waals surface area (Å²) in [4.78, 5) is 2.19. The predicted octanol–water partition coefficient (Wildman–Crippen LogP) is 3.09. The lowest BCUT2D eigenvalue weighted by Gasteiger charge is -2.50. The fourth-order valence-corrected chi connectivity index (χ4v) is 3.70. The minimum Gasteiger partial charge on any atom is -0.547 e. The minimum atomic E-state index is -1.63. The highest BCUT2D eigenvalue weighted by Gasteiger charge is 2.57. The van der Waals surface area contributed by atoms with Gasteiger partial charge in [-0.15, -0.1) is 5.47 Å². The van der Waals surface area contributed by atoms with E-state index in [9.17, 15) is 0 Å². The number of hydrogen-bond donors (Lipinski definition) is 0. The van der Waals surface area contributed by atoms with Crippen molar-refractivity contribution in [2.24, 2.45) is 0 Å². The third-order valence-corrected chi connectivity index (χ3v) is 5.90. The Bertz CT molecular complexity index is 513. The van der Waals surface area contributed by atoms with Crippen LogP contribution in [-0.2, 0) is 0 Å². The van der Waals surface area contributed by atoms with Crippen LogP contribution in [0.15, 0.2) is 35.8 Å². The van der Waals surface area contributed by atoms with Crippen LogP contribution in [0.1, 0.15) is 12.5 Å². The van der Waals surface area contributed by atoms with E-state index < -0.39 is 5.11 Å². The summed E-state index contributed by atoms with van der Waals surface area (Å²) in [5.41, 5.74) is 3.55. The van der Waals surface area contributed by atoms with Gasteiger partial charge in [0.25, 0.3) is 0 Å². The Kier molecular flexibility index (Phi) is 3.83. The van der Waals surface area contributed by atoms with Crippen LogP contribution in [0.3, 0.4) is 0 Å². The largest absolute Gasteiger partial charge is 0.547 e. The molecule has 19 heavy (non-hydrogen) atoms. The molecule has 0 fully saturated rings. The monoisotopic (exact) mass is 296 g/mol. The van der Waals surface area contributed by atoms with E-state index in [1.165, 1.54) is 11.0 Å². The van der Waals surface area contributed by atoms with E-state index in [1.54, 1.807) is 0 Å². The minimum absolute atomic E-state index is 0.164. The molecule has 0 aliphatic carbocycles. The van der Waals surface area contributed by atoms with E-state index in [0.717, 1.165) is 5.47 Å². The van der Waals surface area contributed by atoms with Crippen molar-refractivity contribution < 1.29 is 4.31 Å². The maximum atomic E-state index is 6.71. The van der Waals surface area contributed by atoms with Gasteiger partial charge >= 0.3 is 12.1 Å². The molecule has 0 radical (unpaired) electrons. The fraction of sp³-hybridized carbons (Fsp3) is 0.385. The normalized spacial score (nSPS) is 21.4. The first-order valence-corrected chi connectivity index (χ1v) is 7.36. The second-order valence-corrected chi connectivity index (χ2v) is 7.54. The molecule has 2 rings (SSSR count). The van der Waals surface area contributed by atoms with Gasteiger partial charge in [-0.25, -0.2) is 0 Å². The number of allylic oxidation sites excluding steroid dienone is 1. The van der Waals surface area contributed by atoms with Crippen molar-refractivity contribution in [2.75, 3.05) is 28.2 Å². The second-order valence-electron chi connectivity index (χ2n) is 6.05. The van der Waals surface area contributed by atoms with Crippen LogP contribution in [0.2, 0.25) is 0 Å². The lowest BCUT2D eigenvalue weighted by Crippen LogP contribution is -2.65. The lowest BCUT2D eigenvalue weighted by atomic mass is 9.61. The summed E-state index contributed by atoms with van der Waals surface area (Å²) in [5, 5.41) is -1.63. The van der Waals surface area contributed by atoms with Gasteiger partial charge in [-0.2, -0.15) is 0 Å². The quantitative estimate of drug-likeness (QED) is 0.758. The molecule has 0 bridgehead atoms. The van der Waals surface area contributed by atoms with E-state index in [2.05, 4.69) is 64.2 Å². The van der Waals surface area contributed by atoms with Crippen LogP contribution in [0.25, 0.3) is 5.47 Å². The molecule has 0 amide bonds. The molecule has 0 unspecified atom stereocenters. The van der Waals surface area contributed by atoms with Gasteiger partial charge in [0.2, 0.25) is 0 Å². The molecule has 1 aromatic rings. The van der Waals surface area contributed by atoms with Crippen LogP contribution in [0.4, 0.5) is 0 Å². The number of quaternary nitrogens is 1. The molecule has 0 atom stereocenters. The standard InChI is InChI=1S/C13H20B2Cl2N2/c1-11-13(12-9-7-6-8-10-12)14(18(2)3)19(4,5)15(11,16)17/h6-10H,1-5H3. The Labute approximate surface area is 126 Å². The molecule has 0 saturated heterocycles. The van der Waals surface area contributed by atoms with E-state index in [0.29, 0.717) is 4.31 Å². The van der Waals surface area contributed by atoms with Crippen LogP contribution in [-0.4, -0.2) is 49.4 Å². The van der Waals surface area contributed by atoms with Crippen molar-refractivity contribution in [2.45, 2.75) is 6.92 Å². The number of benzene rings is 1. The highest BCUT2D eigenvalue weighted by molar-refractivity contribution is 7.47. The number of hydrogen-bond acceptors (Lipinski definition) is 1. The van der Waals surface area contributed by atoms with Crippen LogP contribution in [0.5, 0.6) is 0 Å². The molecule has 0 N–H and O–H groups in total. The molecule has 102 valence electrons. The third-order valence-electron chi connectivity index (χ3n) is 4.24. The van der Waals surface area contributed by atoms with Crippen LogP contribution >= 0.6 is 22.9 Å². The second kappa shape index (κ2) is 4.85. The summed E-state index contributed by atoms with van der Waals surface area (Å²) in [6.45, 7) is 2.23. The Morgan fingerprint density at radius 1 is 1.11 bits per heavy atom. The summed E-state index contributed by atoms with van der Waals surface area (Å²) >= 11 is 13.4. The van der Waals surface area contributed by atoms with E-state index >= 15 is 0 Å². The molecular formula is C13H20B2Cl2N2. The lowest BCUT2D eigenvalue weighted by molar-refractivity contribution is -0.668. The van der Waals surface area contributed by atoms with Gasteiger partial charge in [0.05, 0.1) is 0 Å². The summed E-state index contributed by atoms with van der Waals surface area (Å²) in [7, 11) is 8.35. The number of nitrogens with zero attached hydrogens (tertiary/aromatic N) is 2. The highest BCUT2D eigenvalue weighted by Crippen LogP contribution is 2.46. The van der Waals surface area contributed by atoms with Gasteiger partial charge in [-0.1, -0.05) is 37.3 Å². The van der Waals surface area contributed by atoms with Crippen molar-refractivity contribution in [3.05, 3.63) is 41.4 Å². The Morgan fingerprint density at radius 3 is 2.11 bits per heavy atom. The molecule has 1 aromatic carbocycles. The average molecular weight is 297 g/mol. The first-order valence-electron chi connectivity index (χ1n) is 6.49. The van der Waals surface area contributed by atoms with Gasteiger partial charge in [0, 0.05) is 14.1 Å². The van der Waals surface area contributed by atoms with Gasteiger partial charge in [-0.05, 0) is 25.1 Å². The molecule has 2 nitrogen and oxygen atoms in total. The Morgan fingerprint density at radius 2 is 1.63 bits per heavy atom. The van der Waals surface area contributed by atoms with Gasteiger partial charge in [-0.3, -0.25) is 27.7 Å². The predicted molar refractivity (Wildman–Crippen MR) is 88.0 cm³/mol. The first-order chi connectivity index (χ1) is 8.71. The summed E-state index contributed by atoms with van der Waals surface area (Å²) in [6, 6.07) is 10.4. The topological polar surface area (TPSA) is 3.24 Å². The first kappa shape index (κ1) is 15.0. The fourth-order valence-electron chi connectivity index (χ4n) is 3.25. The zero-order valence-electron chi connectivity index (χ0n) is 12.2.